The zero-order valence-corrected chi connectivity index (χ0v) is 7.34. The van der Waals surface area contributed by atoms with Gasteiger partial charge in [-0.1, -0.05) is 6.07 Å². The molecule has 1 rings (SSSR count). The monoisotopic (exact) mass is 191 g/mol. The highest BCUT2D eigenvalue weighted by Crippen LogP contribution is 2.11. The lowest BCUT2D eigenvalue weighted by molar-refractivity contribution is -0.137. The van der Waals surface area contributed by atoms with Gasteiger partial charge in [-0.25, -0.2) is 4.98 Å². The zero-order chi connectivity index (χ0) is 10.6. The van der Waals surface area contributed by atoms with Crippen molar-refractivity contribution in [3.63, 3.8) is 0 Å². The van der Waals surface area contributed by atoms with Gasteiger partial charge < -0.3 is 10.8 Å². The average Bonchev–Trinajstić information content (AvgIpc) is 2.17. The molecule has 0 fully saturated rings. The molecular weight excluding hydrogens is 182 g/mol. The first-order valence-electron chi connectivity index (χ1n) is 3.98. The highest BCUT2D eigenvalue weighted by Gasteiger charge is 2.11. The van der Waals surface area contributed by atoms with Crippen LogP contribution >= 0.6 is 0 Å². The predicted molar refractivity (Wildman–Crippen MR) is 48.1 cm³/mol. The summed E-state index contributed by atoms with van der Waals surface area (Å²) in [6, 6.07) is 5.97. The van der Waals surface area contributed by atoms with Crippen molar-refractivity contribution in [2.24, 2.45) is 5.73 Å². The van der Waals surface area contributed by atoms with E-state index in [1.54, 1.807) is 12.1 Å². The topological polar surface area (TPSA) is 100 Å². The quantitative estimate of drug-likeness (QED) is 0.721. The van der Waals surface area contributed by atoms with Gasteiger partial charge in [0.1, 0.15) is 11.8 Å². The number of nitrogens with two attached hydrogens (primary N) is 1. The SMILES string of the molecule is N#Cc1cccc(C(N)CC(=O)O)n1. The van der Waals surface area contributed by atoms with Crippen molar-refractivity contribution in [3.05, 3.63) is 29.6 Å². The second-order valence-electron chi connectivity index (χ2n) is 2.76. The number of aromatic nitrogens is 1. The maximum atomic E-state index is 10.4. The van der Waals surface area contributed by atoms with Crippen LogP contribution in [-0.2, 0) is 4.79 Å². The van der Waals surface area contributed by atoms with Gasteiger partial charge in [0.25, 0.3) is 0 Å². The van der Waals surface area contributed by atoms with Crippen molar-refractivity contribution in [1.82, 2.24) is 4.98 Å². The summed E-state index contributed by atoms with van der Waals surface area (Å²) in [6.07, 6.45) is -0.193. The number of rotatable bonds is 3. The van der Waals surface area contributed by atoms with Crippen LogP contribution in [0.25, 0.3) is 0 Å². The lowest BCUT2D eigenvalue weighted by Crippen LogP contribution is -2.16. The van der Waals surface area contributed by atoms with Gasteiger partial charge in [-0.2, -0.15) is 5.26 Å². The molecule has 1 unspecified atom stereocenters. The third kappa shape index (κ3) is 2.54. The Balaban J connectivity index is 2.85. The smallest absolute Gasteiger partial charge is 0.305 e. The van der Waals surface area contributed by atoms with Gasteiger partial charge in [-0.15, -0.1) is 0 Å². The highest BCUT2D eigenvalue weighted by atomic mass is 16.4. The fraction of sp³-hybridized carbons (Fsp3) is 0.222. The van der Waals surface area contributed by atoms with Gasteiger partial charge >= 0.3 is 5.97 Å². The molecule has 0 aliphatic carbocycles. The first-order chi connectivity index (χ1) is 6.63. The number of hydrogen-bond acceptors (Lipinski definition) is 4. The average molecular weight is 191 g/mol. The fourth-order valence-corrected chi connectivity index (χ4v) is 1.01. The van der Waals surface area contributed by atoms with E-state index >= 15 is 0 Å². The molecule has 72 valence electrons. The van der Waals surface area contributed by atoms with Crippen LogP contribution in [0.15, 0.2) is 18.2 Å². The van der Waals surface area contributed by atoms with Crippen molar-refractivity contribution >= 4 is 5.97 Å². The Bertz CT molecular complexity index is 384. The molecule has 0 saturated carbocycles. The molecule has 1 aromatic heterocycles. The molecule has 0 saturated heterocycles. The molecule has 0 aliphatic heterocycles. The number of hydrogen-bond donors (Lipinski definition) is 2. The lowest BCUT2D eigenvalue weighted by atomic mass is 10.1. The normalized spacial score (nSPS) is 11.7. The number of pyridine rings is 1. The van der Waals surface area contributed by atoms with Gasteiger partial charge in [0.2, 0.25) is 0 Å². The van der Waals surface area contributed by atoms with Gasteiger partial charge in [-0.3, -0.25) is 4.79 Å². The molecule has 1 aromatic rings. The van der Waals surface area contributed by atoms with E-state index in [1.807, 2.05) is 6.07 Å². The summed E-state index contributed by atoms with van der Waals surface area (Å²) in [4.78, 5) is 14.3. The van der Waals surface area contributed by atoms with Crippen LogP contribution in [0.5, 0.6) is 0 Å². The summed E-state index contributed by atoms with van der Waals surface area (Å²) in [6.45, 7) is 0. The number of carboxylic acid groups (broad SMARTS) is 1. The Hall–Kier alpha value is -1.93. The first-order valence-corrected chi connectivity index (χ1v) is 3.98. The molecule has 1 atom stereocenters. The van der Waals surface area contributed by atoms with Crippen molar-refractivity contribution in [2.75, 3.05) is 0 Å². The van der Waals surface area contributed by atoms with Crippen LogP contribution in [0.1, 0.15) is 23.9 Å². The van der Waals surface area contributed by atoms with Crippen LogP contribution in [0.2, 0.25) is 0 Å². The minimum atomic E-state index is -0.985. The Morgan fingerprint density at radius 3 is 3.00 bits per heavy atom. The number of carbonyl (C=O) groups is 1. The van der Waals surface area contributed by atoms with Gasteiger partial charge in [0.05, 0.1) is 18.2 Å². The van der Waals surface area contributed by atoms with Crippen LogP contribution < -0.4 is 5.73 Å². The Kier molecular flexibility index (Phi) is 3.15. The van der Waals surface area contributed by atoms with Gasteiger partial charge in [0, 0.05) is 0 Å². The molecule has 0 radical (unpaired) electrons. The second kappa shape index (κ2) is 4.35. The van der Waals surface area contributed by atoms with Crippen LogP contribution in [0.3, 0.4) is 0 Å². The van der Waals surface area contributed by atoms with E-state index < -0.39 is 12.0 Å². The molecular formula is C9H9N3O2. The third-order valence-electron chi connectivity index (χ3n) is 1.66. The maximum absolute atomic E-state index is 10.4. The third-order valence-corrected chi connectivity index (χ3v) is 1.66. The summed E-state index contributed by atoms with van der Waals surface area (Å²) in [5.74, 6) is -0.985. The predicted octanol–water partition coefficient (Wildman–Crippen LogP) is 0.428. The van der Waals surface area contributed by atoms with E-state index in [-0.39, 0.29) is 12.1 Å². The van der Waals surface area contributed by atoms with Gasteiger partial charge in [0.15, 0.2) is 0 Å². The van der Waals surface area contributed by atoms with Crippen molar-refractivity contribution in [3.8, 4) is 6.07 Å². The van der Waals surface area contributed by atoms with E-state index in [2.05, 4.69) is 4.98 Å². The molecule has 0 amide bonds. The largest absolute Gasteiger partial charge is 0.481 e. The summed E-state index contributed by atoms with van der Waals surface area (Å²) < 4.78 is 0. The number of aliphatic carboxylic acids is 1. The van der Waals surface area contributed by atoms with Crippen LogP contribution in [-0.4, -0.2) is 16.1 Å². The second-order valence-corrected chi connectivity index (χ2v) is 2.76. The number of carboxylic acids is 1. The summed E-state index contributed by atoms with van der Waals surface area (Å²) >= 11 is 0. The molecule has 5 heteroatoms. The molecule has 0 aromatic carbocycles. The molecule has 0 spiro atoms. The summed E-state index contributed by atoms with van der Waals surface area (Å²) in [5.41, 5.74) is 6.23. The number of nitrogens with zero attached hydrogens (tertiary/aromatic N) is 2. The van der Waals surface area contributed by atoms with E-state index in [4.69, 9.17) is 16.1 Å². The molecule has 0 aliphatic rings. The van der Waals surface area contributed by atoms with E-state index in [0.29, 0.717) is 5.69 Å². The van der Waals surface area contributed by atoms with Gasteiger partial charge in [-0.05, 0) is 12.1 Å². The van der Waals surface area contributed by atoms with Crippen molar-refractivity contribution < 1.29 is 9.90 Å². The number of nitriles is 1. The molecule has 0 bridgehead atoms. The van der Waals surface area contributed by atoms with Crippen LogP contribution in [0.4, 0.5) is 0 Å². The van der Waals surface area contributed by atoms with Crippen molar-refractivity contribution in [2.45, 2.75) is 12.5 Å². The Morgan fingerprint density at radius 1 is 1.71 bits per heavy atom. The van der Waals surface area contributed by atoms with E-state index in [0.717, 1.165) is 0 Å². The Labute approximate surface area is 80.8 Å². The minimum absolute atomic E-state index is 0.193. The standard InChI is InChI=1S/C9H9N3O2/c10-5-6-2-1-3-8(12-6)7(11)4-9(13)14/h1-3,7H,4,11H2,(H,13,14). The molecule has 5 nitrogen and oxygen atoms in total. The molecule has 14 heavy (non-hydrogen) atoms. The lowest BCUT2D eigenvalue weighted by Gasteiger charge is -2.07. The molecule has 3 N–H and O–H groups in total. The fourth-order valence-electron chi connectivity index (χ4n) is 1.01. The highest BCUT2D eigenvalue weighted by molar-refractivity contribution is 5.67. The van der Waals surface area contributed by atoms with E-state index in [1.165, 1.54) is 6.07 Å². The van der Waals surface area contributed by atoms with Crippen LogP contribution in [0, 0.1) is 11.3 Å². The zero-order valence-electron chi connectivity index (χ0n) is 7.34. The summed E-state index contributed by atoms with van der Waals surface area (Å²) in [7, 11) is 0. The minimum Gasteiger partial charge on any atom is -0.481 e. The Morgan fingerprint density at radius 2 is 2.43 bits per heavy atom. The maximum Gasteiger partial charge on any atom is 0.305 e. The first kappa shape index (κ1) is 10.2. The van der Waals surface area contributed by atoms with E-state index in [9.17, 15) is 4.79 Å². The summed E-state index contributed by atoms with van der Waals surface area (Å²) in [5, 5.41) is 17.1. The van der Waals surface area contributed by atoms with Crippen molar-refractivity contribution in [1.29, 1.82) is 5.26 Å². The molecule has 1 heterocycles.